The van der Waals surface area contributed by atoms with Gasteiger partial charge in [0.1, 0.15) is 37.4 Å². The van der Waals surface area contributed by atoms with Crippen LogP contribution < -0.4 is 54.0 Å². The predicted molar refractivity (Wildman–Crippen MR) is 393 cm³/mol. The van der Waals surface area contributed by atoms with Crippen molar-refractivity contribution in [2.24, 2.45) is 23.3 Å². The van der Waals surface area contributed by atoms with Crippen LogP contribution in [0.1, 0.15) is 109 Å². The Morgan fingerprint density at radius 3 is 1.12 bits per heavy atom. The van der Waals surface area contributed by atoms with Gasteiger partial charge in [-0.1, -0.05) is 77.2 Å². The maximum absolute atomic E-state index is 13.5. The smallest absolute Gasteiger partial charge is 0.364 e. The third kappa shape index (κ3) is 43.3. The fraction of sp³-hybridized carbons (Fsp3) is 0.623. The van der Waals surface area contributed by atoms with Gasteiger partial charge in [0.2, 0.25) is 41.4 Å². The monoisotopic (exact) mass is 1570 g/mol. The van der Waals surface area contributed by atoms with Gasteiger partial charge in [-0.2, -0.15) is 0 Å². The van der Waals surface area contributed by atoms with E-state index in [-0.39, 0.29) is 233 Å². The second-order valence-corrected chi connectivity index (χ2v) is 25.5. The van der Waals surface area contributed by atoms with Crippen LogP contribution in [0.2, 0.25) is 0 Å². The van der Waals surface area contributed by atoms with Crippen molar-refractivity contribution < 1.29 is 119 Å². The molecule has 1 saturated heterocycles. The number of carbonyl (C=O) groups excluding carboxylic acids is 14. The molecule has 1 aliphatic heterocycles. The lowest BCUT2D eigenvalue weighted by Gasteiger charge is -2.25. The summed E-state index contributed by atoms with van der Waals surface area (Å²) in [6.07, 6.45) is 0.361. The number of hydroxylamine groups is 2. The van der Waals surface area contributed by atoms with Gasteiger partial charge in [0.05, 0.1) is 106 Å². The number of primary amides is 2. The molecule has 1 heterocycles. The highest BCUT2D eigenvalue weighted by Gasteiger charge is 2.34. The number of carbonyl (C=O) groups is 14. The van der Waals surface area contributed by atoms with Gasteiger partial charge in [-0.05, 0) is 79.3 Å². The fourth-order valence-electron chi connectivity index (χ4n) is 9.69. The summed E-state index contributed by atoms with van der Waals surface area (Å²) in [4.78, 5) is 180. The van der Waals surface area contributed by atoms with Crippen LogP contribution in [-0.2, 0) is 113 Å². The quantitative estimate of drug-likeness (QED) is 0.0195. The number of rotatable bonds is 59. The number of nitrogens with one attached hydrogen (secondary N) is 8. The highest BCUT2D eigenvalue weighted by molar-refractivity contribution is 7.96. The highest BCUT2D eigenvalue weighted by Crippen LogP contribution is 2.17. The van der Waals surface area contributed by atoms with Gasteiger partial charge >= 0.3 is 28.6 Å². The number of hydrogen-bond donors (Lipinski definition) is 12. The molecule has 2 aromatic carbocycles. The number of benzene rings is 2. The summed E-state index contributed by atoms with van der Waals surface area (Å²) in [6.45, 7) is 10.3. The summed E-state index contributed by atoms with van der Waals surface area (Å²) in [5, 5.41) is 20.2. The number of anilines is 2. The molecular formula is C69H106N12O25S2. The van der Waals surface area contributed by atoms with Gasteiger partial charge in [0, 0.05) is 76.1 Å². The molecule has 13 amide bonds. The van der Waals surface area contributed by atoms with E-state index in [1.165, 1.54) is 4.90 Å². The normalized spacial score (nSPS) is 13.0. The van der Waals surface area contributed by atoms with Crippen molar-refractivity contribution in [2.45, 2.75) is 136 Å². The molecule has 3 rings (SSSR count). The molecule has 1 aliphatic rings. The molecule has 0 aliphatic carbocycles. The largest absolute Gasteiger partial charge is 0.453 e. The summed E-state index contributed by atoms with van der Waals surface area (Å²) >= 11 is 7.15. The Kier molecular flexibility index (Phi) is 48.1. The van der Waals surface area contributed by atoms with Crippen molar-refractivity contribution in [1.82, 2.24) is 41.9 Å². The van der Waals surface area contributed by atoms with Crippen molar-refractivity contribution in [3.63, 3.8) is 0 Å². The van der Waals surface area contributed by atoms with E-state index in [2.05, 4.69) is 67.8 Å². The van der Waals surface area contributed by atoms with Crippen LogP contribution in [0.3, 0.4) is 0 Å². The summed E-state index contributed by atoms with van der Waals surface area (Å²) in [7, 11) is 0. The number of hydrogen-bond acceptors (Lipinski definition) is 25. The average molecular weight is 1570 g/mol. The Bertz CT molecular complexity index is 2960. The zero-order valence-electron chi connectivity index (χ0n) is 61.6. The van der Waals surface area contributed by atoms with Crippen LogP contribution in [0.4, 0.5) is 30.6 Å². The van der Waals surface area contributed by atoms with E-state index in [0.29, 0.717) is 27.6 Å². The van der Waals surface area contributed by atoms with Gasteiger partial charge in [-0.25, -0.2) is 24.0 Å². The molecule has 39 heteroatoms. The molecule has 0 saturated carbocycles. The molecule has 0 spiro atoms. The van der Waals surface area contributed by atoms with E-state index in [9.17, 15) is 67.1 Å². The first kappa shape index (κ1) is 93.4. The lowest BCUT2D eigenvalue weighted by atomic mass is 10.0. The number of amides is 13. The minimum Gasteiger partial charge on any atom is -0.453 e. The predicted octanol–water partition coefficient (Wildman–Crippen LogP) is 2.06. The zero-order chi connectivity index (χ0) is 79.4. The zero-order valence-corrected chi connectivity index (χ0v) is 63.4. The Labute approximate surface area is 638 Å². The van der Waals surface area contributed by atoms with E-state index in [4.69, 9.17) is 63.7 Å². The number of nitrogens with zero attached hydrogens (tertiary/aromatic N) is 2. The van der Waals surface area contributed by atoms with E-state index < -0.39 is 100 Å². The Hall–Kier alpha value is -8.80. The second kappa shape index (κ2) is 55.6. The number of imide groups is 1. The van der Waals surface area contributed by atoms with Crippen LogP contribution >= 0.6 is 25.3 Å². The molecule has 37 nitrogen and oxygen atoms in total. The molecule has 604 valence electrons. The maximum atomic E-state index is 13.5. The van der Waals surface area contributed by atoms with E-state index in [1.54, 1.807) is 76.2 Å². The summed E-state index contributed by atoms with van der Waals surface area (Å²) < 4.78 is 54.7. The Balaban J connectivity index is 1.31. The van der Waals surface area contributed by atoms with Crippen molar-refractivity contribution in [3.05, 3.63) is 59.7 Å². The molecule has 0 radical (unpaired) electrons. The molecule has 108 heavy (non-hydrogen) atoms. The molecule has 4 atom stereocenters. The van der Waals surface area contributed by atoms with Crippen LogP contribution in [0, 0.1) is 11.8 Å². The minimum absolute atomic E-state index is 0.0197. The SMILES string of the molecule is CC(C)[C@H](NC(=O)CCOCCOCCOCCOCCN(CCOCCOCCOCCOCCC(=O)N[C@H](C(=O)NC(CCCNC(N)=O)C(=O)Nc1ccc(COC(=O)S)cc1)C(C)C)C(=O)CCCC(=O)ON1C(=O)CCC1=O)C(=O)NC(CCCNC(N)=O)C(=O)Nc1ccc(COC(=O)S)cc1. The van der Waals surface area contributed by atoms with Crippen LogP contribution in [0.25, 0.3) is 0 Å². The average Bonchev–Trinajstić information content (AvgIpc) is 1.67. The van der Waals surface area contributed by atoms with E-state index in [1.807, 2.05) is 0 Å². The topological polar surface area (TPSA) is 495 Å². The van der Waals surface area contributed by atoms with Crippen molar-refractivity contribution >= 4 is 118 Å². The second-order valence-electron chi connectivity index (χ2n) is 24.7. The molecule has 0 aromatic heterocycles. The first-order valence-electron chi connectivity index (χ1n) is 35.5. The van der Waals surface area contributed by atoms with Gasteiger partial charge < -0.3 is 111 Å². The first-order chi connectivity index (χ1) is 51.7. The van der Waals surface area contributed by atoms with Crippen LogP contribution in [0.15, 0.2) is 48.5 Å². The van der Waals surface area contributed by atoms with Crippen LogP contribution in [-0.4, -0.2) is 248 Å². The Morgan fingerprint density at radius 1 is 0.444 bits per heavy atom. The van der Waals surface area contributed by atoms with Gasteiger partial charge in [0.15, 0.2) is 0 Å². The molecule has 0 bridgehead atoms. The molecular weight excluding hydrogens is 1460 g/mol. The number of urea groups is 2. The summed E-state index contributed by atoms with van der Waals surface area (Å²) in [5.41, 5.74) is 12.5. The number of nitrogens with two attached hydrogens (primary N) is 2. The highest BCUT2D eigenvalue weighted by atomic mass is 32.1. The van der Waals surface area contributed by atoms with E-state index >= 15 is 0 Å². The van der Waals surface area contributed by atoms with E-state index in [0.717, 1.165) is 0 Å². The Morgan fingerprint density at radius 2 is 0.787 bits per heavy atom. The fourth-order valence-corrected chi connectivity index (χ4v) is 9.82. The lowest BCUT2D eigenvalue weighted by Crippen LogP contribution is -2.54. The molecule has 1 fully saturated rings. The summed E-state index contributed by atoms with van der Waals surface area (Å²) in [5.74, 6) is -6.33. The van der Waals surface area contributed by atoms with Crippen LogP contribution in [0.5, 0.6) is 0 Å². The van der Waals surface area contributed by atoms with Gasteiger partial charge in [-0.15, -0.1) is 5.06 Å². The molecule has 2 aromatic rings. The van der Waals surface area contributed by atoms with Gasteiger partial charge in [-0.3, -0.25) is 43.2 Å². The van der Waals surface area contributed by atoms with Gasteiger partial charge in [0.25, 0.3) is 11.8 Å². The van der Waals surface area contributed by atoms with Crippen molar-refractivity contribution in [2.75, 3.05) is 143 Å². The lowest BCUT2D eigenvalue weighted by molar-refractivity contribution is -0.197. The maximum Gasteiger partial charge on any atom is 0.364 e. The summed E-state index contributed by atoms with van der Waals surface area (Å²) in [6, 6.07) is 7.31. The molecule has 12 N–H and O–H groups in total. The first-order valence-corrected chi connectivity index (χ1v) is 36.4. The molecule has 2 unspecified atom stereocenters. The number of ether oxygens (including phenoxy) is 10. The van der Waals surface area contributed by atoms with Crippen molar-refractivity contribution in [3.8, 4) is 0 Å². The third-order valence-corrected chi connectivity index (χ3v) is 15.7. The number of thiol groups is 2. The standard InChI is InChI=1S/C69H106N12O25S2/c1-46(2)60(64(90)76-52(8-6-24-72-66(70)92)62(88)74-50-16-12-48(13-17-50)44-104-68(94)107)78-54(82)22-28-96-32-36-100-40-42-102-38-34-98-30-26-80(56(84)10-5-11-59(87)106-81-57(85)20-21-58(81)86)27-31-99-35-39-103-43-41-101-37-33-97-29-23-55(83)79-61(47(3)4)65(91)77-53(9-7-25-73-67(71)93)63(89)75-51-18-14-49(15-19-51)45-105-69(95)108/h12-19,46-47,52-53,60-61H,5-11,20-45H2,1-4H3,(H,74,88)(H,75,89)(H,76,90)(H,77,91)(H,78,82)(H,79,83)(H,94,107)(H,95,108)(H3,70,72,92)(H3,71,73,93)/t52?,53?,60-,61-/m0/s1. The minimum atomic E-state index is -1.06. The third-order valence-electron chi connectivity index (χ3n) is 15.4. The van der Waals surface area contributed by atoms with Crippen molar-refractivity contribution in [1.29, 1.82) is 0 Å².